The van der Waals surface area contributed by atoms with Gasteiger partial charge in [0.25, 0.3) is 0 Å². The molecule has 0 spiro atoms. The molecular formula is C16H25ClN2. The van der Waals surface area contributed by atoms with Gasteiger partial charge in [-0.05, 0) is 48.1 Å². The van der Waals surface area contributed by atoms with Crippen molar-refractivity contribution in [1.82, 2.24) is 4.98 Å². The zero-order chi connectivity index (χ0) is 14.0. The summed E-state index contributed by atoms with van der Waals surface area (Å²) in [6, 6.07) is 1.88. The van der Waals surface area contributed by atoms with E-state index in [0.717, 1.165) is 30.0 Å². The molecule has 0 aliphatic heterocycles. The monoisotopic (exact) mass is 280 g/mol. The molecule has 1 aromatic heterocycles. The van der Waals surface area contributed by atoms with Crippen molar-refractivity contribution >= 4 is 17.3 Å². The molecule has 1 fully saturated rings. The minimum absolute atomic E-state index is 0.170. The number of nitrogen functional groups attached to an aromatic ring is 1. The highest BCUT2D eigenvalue weighted by Crippen LogP contribution is 2.44. The highest BCUT2D eigenvalue weighted by atomic mass is 35.5. The van der Waals surface area contributed by atoms with Crippen LogP contribution in [0.1, 0.15) is 45.6 Å². The average Bonchev–Trinajstić information content (AvgIpc) is 2.31. The van der Waals surface area contributed by atoms with Gasteiger partial charge in [0.1, 0.15) is 0 Å². The van der Waals surface area contributed by atoms with Crippen LogP contribution in [0.5, 0.6) is 0 Å². The van der Waals surface area contributed by atoms with Crippen LogP contribution < -0.4 is 5.73 Å². The molecule has 0 bridgehead atoms. The van der Waals surface area contributed by atoms with Crippen molar-refractivity contribution in [3.05, 3.63) is 24.0 Å². The predicted octanol–water partition coefficient (Wildman–Crippen LogP) is 4.28. The van der Waals surface area contributed by atoms with Crippen molar-refractivity contribution in [2.45, 2.75) is 51.8 Å². The van der Waals surface area contributed by atoms with E-state index in [1.807, 2.05) is 12.3 Å². The topological polar surface area (TPSA) is 38.9 Å². The molecule has 2 rings (SSSR count). The summed E-state index contributed by atoms with van der Waals surface area (Å²) in [5.41, 5.74) is 8.21. The van der Waals surface area contributed by atoms with Crippen LogP contribution >= 0.6 is 11.6 Å². The van der Waals surface area contributed by atoms with Gasteiger partial charge in [-0.2, -0.15) is 0 Å². The molecule has 1 aromatic rings. The molecule has 2 N–H and O–H groups in total. The molecule has 3 unspecified atom stereocenters. The number of anilines is 1. The van der Waals surface area contributed by atoms with Crippen molar-refractivity contribution in [3.63, 3.8) is 0 Å². The van der Waals surface area contributed by atoms with Crippen molar-refractivity contribution in [1.29, 1.82) is 0 Å². The first kappa shape index (κ1) is 14.6. The van der Waals surface area contributed by atoms with E-state index in [4.69, 9.17) is 17.3 Å². The second-order valence-electron chi connectivity index (χ2n) is 6.78. The minimum atomic E-state index is 0.170. The maximum Gasteiger partial charge on any atom is 0.0377 e. The molecule has 0 saturated heterocycles. The second-order valence-corrected chi connectivity index (χ2v) is 7.34. The van der Waals surface area contributed by atoms with Gasteiger partial charge in [-0.3, -0.25) is 4.98 Å². The summed E-state index contributed by atoms with van der Waals surface area (Å²) in [5.74, 6) is 1.32. The molecular weight excluding hydrogens is 256 g/mol. The van der Waals surface area contributed by atoms with E-state index >= 15 is 0 Å². The van der Waals surface area contributed by atoms with Crippen LogP contribution in [-0.4, -0.2) is 10.4 Å². The van der Waals surface area contributed by atoms with Crippen molar-refractivity contribution in [2.24, 2.45) is 17.3 Å². The Morgan fingerprint density at radius 3 is 2.79 bits per heavy atom. The van der Waals surface area contributed by atoms with Gasteiger partial charge in [0.05, 0.1) is 0 Å². The van der Waals surface area contributed by atoms with Gasteiger partial charge >= 0.3 is 0 Å². The van der Waals surface area contributed by atoms with Gasteiger partial charge in [-0.25, -0.2) is 0 Å². The molecule has 2 nitrogen and oxygen atoms in total. The Bertz CT molecular complexity index is 431. The number of halogens is 1. The molecule has 1 saturated carbocycles. The van der Waals surface area contributed by atoms with E-state index in [2.05, 4.69) is 25.8 Å². The maximum absolute atomic E-state index is 6.62. The highest BCUT2D eigenvalue weighted by molar-refractivity contribution is 6.20. The van der Waals surface area contributed by atoms with Crippen LogP contribution in [0.4, 0.5) is 5.69 Å². The lowest BCUT2D eigenvalue weighted by atomic mass is 9.66. The van der Waals surface area contributed by atoms with Gasteiger partial charge in [-0.15, -0.1) is 11.6 Å². The number of pyridine rings is 1. The Hall–Kier alpha value is -0.760. The number of hydrogen-bond acceptors (Lipinski definition) is 2. The standard InChI is InChI=1S/C16H25ClN2/c1-11-4-5-13(14(17)8-11)16(2,3)9-12-10-19-7-6-15(12)18/h6-7,10-11,13-14H,4-5,8-9H2,1-3H3,(H2,18,19). The lowest BCUT2D eigenvalue weighted by Gasteiger charge is -2.42. The number of aromatic nitrogens is 1. The lowest BCUT2D eigenvalue weighted by molar-refractivity contribution is 0.142. The molecule has 3 atom stereocenters. The van der Waals surface area contributed by atoms with E-state index in [1.54, 1.807) is 6.20 Å². The fraction of sp³-hybridized carbons (Fsp3) is 0.688. The number of alkyl halides is 1. The Morgan fingerprint density at radius 1 is 1.42 bits per heavy atom. The summed E-state index contributed by atoms with van der Waals surface area (Å²) in [4.78, 5) is 4.19. The van der Waals surface area contributed by atoms with Crippen molar-refractivity contribution in [3.8, 4) is 0 Å². The summed E-state index contributed by atoms with van der Waals surface area (Å²) < 4.78 is 0. The van der Waals surface area contributed by atoms with E-state index in [-0.39, 0.29) is 10.8 Å². The van der Waals surface area contributed by atoms with Gasteiger partial charge in [0.15, 0.2) is 0 Å². The Kier molecular flexibility index (Phi) is 4.39. The van der Waals surface area contributed by atoms with Gasteiger partial charge in [0.2, 0.25) is 0 Å². The predicted molar refractivity (Wildman–Crippen MR) is 82.3 cm³/mol. The Balaban J connectivity index is 2.12. The summed E-state index contributed by atoms with van der Waals surface area (Å²) in [5, 5.41) is 0.289. The maximum atomic E-state index is 6.62. The summed E-state index contributed by atoms with van der Waals surface area (Å²) in [7, 11) is 0. The lowest BCUT2D eigenvalue weighted by Crippen LogP contribution is -2.37. The fourth-order valence-corrected chi connectivity index (χ4v) is 4.17. The molecule has 0 radical (unpaired) electrons. The van der Waals surface area contributed by atoms with E-state index < -0.39 is 0 Å². The van der Waals surface area contributed by atoms with E-state index in [0.29, 0.717) is 5.92 Å². The van der Waals surface area contributed by atoms with Gasteiger partial charge < -0.3 is 5.73 Å². The third kappa shape index (κ3) is 3.42. The number of hydrogen-bond donors (Lipinski definition) is 1. The number of nitrogens with two attached hydrogens (primary N) is 1. The van der Waals surface area contributed by atoms with Crippen molar-refractivity contribution < 1.29 is 0 Å². The summed E-state index contributed by atoms with van der Waals surface area (Å²) in [6.07, 6.45) is 8.25. The first-order valence-electron chi connectivity index (χ1n) is 7.22. The fourth-order valence-electron chi connectivity index (χ4n) is 3.40. The number of nitrogens with zero attached hydrogens (tertiary/aromatic N) is 1. The molecule has 3 heteroatoms. The quantitative estimate of drug-likeness (QED) is 0.840. The molecule has 0 aromatic carbocycles. The first-order chi connectivity index (χ1) is 8.90. The van der Waals surface area contributed by atoms with Gasteiger partial charge in [0, 0.05) is 23.5 Å². The minimum Gasteiger partial charge on any atom is -0.398 e. The second kappa shape index (κ2) is 5.70. The summed E-state index contributed by atoms with van der Waals surface area (Å²) in [6.45, 7) is 6.93. The molecule has 19 heavy (non-hydrogen) atoms. The van der Waals surface area contributed by atoms with Crippen molar-refractivity contribution in [2.75, 3.05) is 5.73 Å². The largest absolute Gasteiger partial charge is 0.398 e. The molecule has 1 aliphatic carbocycles. The highest BCUT2D eigenvalue weighted by Gasteiger charge is 2.38. The Morgan fingerprint density at radius 2 is 2.16 bits per heavy atom. The van der Waals surface area contributed by atoms with Crippen LogP contribution in [0.2, 0.25) is 0 Å². The molecule has 1 heterocycles. The van der Waals surface area contributed by atoms with Crippen LogP contribution in [0.25, 0.3) is 0 Å². The van der Waals surface area contributed by atoms with E-state index in [9.17, 15) is 0 Å². The third-order valence-electron chi connectivity index (χ3n) is 4.63. The van der Waals surface area contributed by atoms with Gasteiger partial charge in [-0.1, -0.05) is 27.2 Å². The molecule has 106 valence electrons. The molecule has 0 amide bonds. The van der Waals surface area contributed by atoms with Crippen LogP contribution in [0.15, 0.2) is 18.5 Å². The van der Waals surface area contributed by atoms with E-state index in [1.165, 1.54) is 12.8 Å². The van der Waals surface area contributed by atoms with Crippen LogP contribution in [0.3, 0.4) is 0 Å². The molecule has 1 aliphatic rings. The average molecular weight is 281 g/mol. The van der Waals surface area contributed by atoms with Crippen LogP contribution in [0, 0.1) is 17.3 Å². The third-order valence-corrected chi connectivity index (χ3v) is 5.11. The zero-order valence-electron chi connectivity index (χ0n) is 12.2. The summed E-state index contributed by atoms with van der Waals surface area (Å²) >= 11 is 6.62. The normalized spacial score (nSPS) is 28.3. The SMILES string of the molecule is CC1CCC(C(C)(C)Cc2cnccc2N)C(Cl)C1. The Labute approximate surface area is 121 Å². The first-order valence-corrected chi connectivity index (χ1v) is 7.66. The zero-order valence-corrected chi connectivity index (χ0v) is 13.0. The smallest absolute Gasteiger partial charge is 0.0377 e. The van der Waals surface area contributed by atoms with Crippen LogP contribution in [-0.2, 0) is 6.42 Å². The number of rotatable bonds is 3.